The third-order valence-corrected chi connectivity index (χ3v) is 5.37. The van der Waals surface area contributed by atoms with Crippen LogP contribution in [0.1, 0.15) is 27.3 Å². The molecule has 0 spiro atoms. The molecule has 34 heavy (non-hydrogen) atoms. The summed E-state index contributed by atoms with van der Waals surface area (Å²) < 4.78 is 108. The second-order valence-corrected chi connectivity index (χ2v) is 9.17. The molecule has 6 nitrogen and oxygen atoms in total. The summed E-state index contributed by atoms with van der Waals surface area (Å²) >= 11 is 11.8. The van der Waals surface area contributed by atoms with Crippen molar-refractivity contribution in [2.45, 2.75) is 12.4 Å². The lowest BCUT2D eigenvalue weighted by molar-refractivity contribution is -0.143. The summed E-state index contributed by atoms with van der Waals surface area (Å²) in [4.78, 5) is 16.7. The summed E-state index contributed by atoms with van der Waals surface area (Å²) in [6, 6.07) is 4.10. The third kappa shape index (κ3) is 5.83. The average molecular weight is 547 g/mol. The van der Waals surface area contributed by atoms with E-state index in [9.17, 15) is 39.6 Å². The molecule has 0 N–H and O–H groups in total. The maximum atomic E-state index is 13.2. The van der Waals surface area contributed by atoms with Gasteiger partial charge < -0.3 is 4.18 Å². The van der Waals surface area contributed by atoms with Gasteiger partial charge in [0.05, 0.1) is 33.6 Å². The number of rotatable bonds is 5. The molecule has 0 aliphatic carbocycles. The number of hydrogen-bond acceptors (Lipinski definition) is 5. The van der Waals surface area contributed by atoms with Crippen molar-refractivity contribution in [2.75, 3.05) is 6.26 Å². The Labute approximate surface area is 197 Å². The lowest BCUT2D eigenvalue weighted by atomic mass is 10.0. The molecule has 0 amide bonds. The molecule has 0 fully saturated rings. The van der Waals surface area contributed by atoms with Crippen LogP contribution in [0, 0.1) is 0 Å². The molecule has 0 aliphatic heterocycles. The first-order valence-corrected chi connectivity index (χ1v) is 11.3. The number of hydrogen-bond donors (Lipinski definition) is 0. The van der Waals surface area contributed by atoms with Crippen molar-refractivity contribution in [3.63, 3.8) is 0 Å². The van der Waals surface area contributed by atoms with Gasteiger partial charge in [-0.2, -0.15) is 39.7 Å². The van der Waals surface area contributed by atoms with Gasteiger partial charge in [-0.25, -0.2) is 0 Å². The Morgan fingerprint density at radius 3 is 1.97 bits per heavy atom. The number of ketones is 1. The van der Waals surface area contributed by atoms with E-state index in [2.05, 4.69) is 9.17 Å². The van der Waals surface area contributed by atoms with Crippen LogP contribution in [0.15, 0.2) is 42.6 Å². The van der Waals surface area contributed by atoms with E-state index >= 15 is 0 Å². The predicted octanol–water partition coefficient (Wildman–Crippen LogP) is 5.79. The molecule has 1 heterocycles. The molecule has 2 aromatic carbocycles. The standard InChI is InChI=1S/C19H10Cl2F6N2O4S/c1-34(31,32)33-15-8-29(12-2-3-13(20)14(21)7-12)17(28-15)16(30)9-4-10(18(22,23)24)6-11(5-9)19(25,26)27/h2-8H,1H3. The number of halogens is 8. The maximum absolute atomic E-state index is 13.2. The van der Waals surface area contributed by atoms with Gasteiger partial charge in [0, 0.05) is 11.3 Å². The monoisotopic (exact) mass is 546 g/mol. The van der Waals surface area contributed by atoms with Gasteiger partial charge in [-0.1, -0.05) is 23.2 Å². The fourth-order valence-corrected chi connectivity index (χ4v) is 3.44. The highest BCUT2D eigenvalue weighted by atomic mass is 35.5. The molecule has 0 unspecified atom stereocenters. The van der Waals surface area contributed by atoms with Crippen molar-refractivity contribution >= 4 is 39.1 Å². The van der Waals surface area contributed by atoms with Crippen LogP contribution < -0.4 is 4.18 Å². The molecule has 1 aromatic heterocycles. The Bertz CT molecular complexity index is 1350. The van der Waals surface area contributed by atoms with Crippen LogP contribution >= 0.6 is 23.2 Å². The Morgan fingerprint density at radius 2 is 1.50 bits per heavy atom. The summed E-state index contributed by atoms with van der Waals surface area (Å²) in [6.45, 7) is 0. The molecule has 0 radical (unpaired) electrons. The first-order chi connectivity index (χ1) is 15.5. The van der Waals surface area contributed by atoms with Crippen LogP contribution in [0.3, 0.4) is 0 Å². The van der Waals surface area contributed by atoms with E-state index in [-0.39, 0.29) is 33.9 Å². The fourth-order valence-electron chi connectivity index (χ4n) is 2.76. The van der Waals surface area contributed by atoms with Crippen LogP contribution in [0.25, 0.3) is 5.69 Å². The van der Waals surface area contributed by atoms with Crippen molar-refractivity contribution in [2.24, 2.45) is 0 Å². The van der Waals surface area contributed by atoms with Crippen molar-refractivity contribution < 1.29 is 43.7 Å². The maximum Gasteiger partial charge on any atom is 0.416 e. The topological polar surface area (TPSA) is 78.3 Å². The van der Waals surface area contributed by atoms with Gasteiger partial charge in [0.15, 0.2) is 5.82 Å². The molecule has 0 saturated heterocycles. The van der Waals surface area contributed by atoms with Gasteiger partial charge >= 0.3 is 22.5 Å². The number of carbonyl (C=O) groups excluding carboxylic acids is 1. The van der Waals surface area contributed by atoms with Gasteiger partial charge in [0.1, 0.15) is 0 Å². The smallest absolute Gasteiger partial charge is 0.360 e. The van der Waals surface area contributed by atoms with Crippen LogP contribution in [-0.4, -0.2) is 30.0 Å². The van der Waals surface area contributed by atoms with Gasteiger partial charge in [-0.05, 0) is 36.4 Å². The normalized spacial score (nSPS) is 12.6. The minimum atomic E-state index is -5.19. The molecule has 3 rings (SSSR count). The van der Waals surface area contributed by atoms with Crippen LogP contribution in [0.2, 0.25) is 10.0 Å². The SMILES string of the molecule is CS(=O)(=O)Oc1cn(-c2ccc(Cl)c(Cl)c2)c(C(=O)c2cc(C(F)(F)F)cc(C(F)(F)F)c2)n1. The number of carbonyl (C=O) groups is 1. The van der Waals surface area contributed by atoms with E-state index in [1.54, 1.807) is 0 Å². The zero-order valence-electron chi connectivity index (χ0n) is 16.5. The minimum absolute atomic E-state index is 0.0183. The number of aromatic nitrogens is 2. The number of alkyl halides is 6. The van der Waals surface area contributed by atoms with E-state index in [1.807, 2.05) is 0 Å². The van der Waals surface area contributed by atoms with Gasteiger partial charge in [0.25, 0.3) is 5.88 Å². The summed E-state index contributed by atoms with van der Waals surface area (Å²) in [7, 11) is -4.15. The molecule has 0 saturated carbocycles. The van der Waals surface area contributed by atoms with Gasteiger partial charge in [-0.3, -0.25) is 9.36 Å². The minimum Gasteiger partial charge on any atom is -0.360 e. The van der Waals surface area contributed by atoms with E-state index in [1.165, 1.54) is 18.2 Å². The molecule has 0 aliphatic rings. The molecule has 182 valence electrons. The average Bonchev–Trinajstić information content (AvgIpc) is 3.09. The van der Waals surface area contributed by atoms with Crippen LogP contribution in [-0.2, 0) is 22.5 Å². The van der Waals surface area contributed by atoms with Crippen molar-refractivity contribution in [3.05, 3.63) is 75.2 Å². The Morgan fingerprint density at radius 1 is 0.941 bits per heavy atom. The van der Waals surface area contributed by atoms with Crippen molar-refractivity contribution in [1.82, 2.24) is 9.55 Å². The summed E-state index contributed by atoms with van der Waals surface area (Å²) in [6.07, 6.45) is -8.83. The molecule has 0 atom stereocenters. The van der Waals surface area contributed by atoms with E-state index in [4.69, 9.17) is 23.2 Å². The van der Waals surface area contributed by atoms with E-state index in [0.29, 0.717) is 6.26 Å². The molecular formula is C19H10Cl2F6N2O4S. The third-order valence-electron chi connectivity index (χ3n) is 4.15. The quantitative estimate of drug-likeness (QED) is 0.230. The van der Waals surface area contributed by atoms with E-state index in [0.717, 1.165) is 10.8 Å². The number of imidazole rings is 1. The first-order valence-electron chi connectivity index (χ1n) is 8.74. The molecule has 0 bridgehead atoms. The fraction of sp³-hybridized carbons (Fsp3) is 0.158. The second-order valence-electron chi connectivity index (χ2n) is 6.78. The summed E-state index contributed by atoms with van der Waals surface area (Å²) in [5.41, 5.74) is -4.39. The van der Waals surface area contributed by atoms with E-state index < -0.39 is 56.6 Å². The second kappa shape index (κ2) is 8.78. The Kier molecular flexibility index (Phi) is 6.68. The van der Waals surface area contributed by atoms with Gasteiger partial charge in [-0.15, -0.1) is 0 Å². The number of nitrogens with zero attached hydrogens (tertiary/aromatic N) is 2. The Hall–Kier alpha value is -2.77. The highest BCUT2D eigenvalue weighted by Crippen LogP contribution is 2.37. The molecular weight excluding hydrogens is 537 g/mol. The Balaban J connectivity index is 2.24. The molecule has 3 aromatic rings. The van der Waals surface area contributed by atoms with Crippen LogP contribution in [0.5, 0.6) is 5.88 Å². The van der Waals surface area contributed by atoms with Gasteiger partial charge in [0.2, 0.25) is 5.78 Å². The first kappa shape index (κ1) is 25.8. The van der Waals surface area contributed by atoms with Crippen LogP contribution in [0.4, 0.5) is 26.3 Å². The van der Waals surface area contributed by atoms with Crippen molar-refractivity contribution in [3.8, 4) is 11.6 Å². The number of benzene rings is 2. The zero-order valence-corrected chi connectivity index (χ0v) is 18.8. The highest BCUT2D eigenvalue weighted by Gasteiger charge is 2.38. The highest BCUT2D eigenvalue weighted by molar-refractivity contribution is 7.86. The summed E-state index contributed by atoms with van der Waals surface area (Å²) in [5, 5.41) is 0.0778. The lowest BCUT2D eigenvalue weighted by Crippen LogP contribution is -2.16. The molecule has 15 heteroatoms. The zero-order chi connectivity index (χ0) is 25.6. The predicted molar refractivity (Wildman–Crippen MR) is 109 cm³/mol. The summed E-state index contributed by atoms with van der Waals surface area (Å²) in [5.74, 6) is -2.80. The largest absolute Gasteiger partial charge is 0.416 e. The van der Waals surface area contributed by atoms with Crippen molar-refractivity contribution in [1.29, 1.82) is 0 Å². The lowest BCUT2D eigenvalue weighted by Gasteiger charge is -2.14.